The molecule has 2 aromatic carbocycles. The first kappa shape index (κ1) is 16.5. The number of para-hydroxylation sites is 2. The van der Waals surface area contributed by atoms with Crippen molar-refractivity contribution in [1.82, 2.24) is 9.13 Å². The molecule has 0 bridgehead atoms. The van der Waals surface area contributed by atoms with Gasteiger partial charge in [-0.1, -0.05) is 35.0 Å². The molecule has 0 radical (unpaired) electrons. The van der Waals surface area contributed by atoms with Gasteiger partial charge in [0.1, 0.15) is 6.54 Å². The first-order valence-electron chi connectivity index (χ1n) is 7.83. The van der Waals surface area contributed by atoms with E-state index in [-0.39, 0.29) is 18.1 Å². The zero-order chi connectivity index (χ0) is 17.1. The number of carbonyl (C=O) groups excluding carboxylic acids is 1. The van der Waals surface area contributed by atoms with Crippen LogP contribution in [0.2, 0.25) is 0 Å². The second kappa shape index (κ2) is 7.05. The number of nitrogens with zero attached hydrogens (tertiary/aromatic N) is 2. The molecule has 124 valence electrons. The second-order valence-electron chi connectivity index (χ2n) is 5.56. The minimum absolute atomic E-state index is 0.00781. The number of aryl methyl sites for hydroxylation is 1. The number of aromatic nitrogens is 2. The largest absolute Gasteiger partial charge is 0.329 e. The van der Waals surface area contributed by atoms with Crippen LogP contribution in [0, 0.1) is 0 Å². The van der Waals surface area contributed by atoms with E-state index in [1.54, 1.807) is 4.57 Å². The van der Waals surface area contributed by atoms with Crippen molar-refractivity contribution in [3.8, 4) is 0 Å². The van der Waals surface area contributed by atoms with Crippen LogP contribution >= 0.6 is 15.9 Å². The molecule has 0 saturated carbocycles. The number of halogens is 1. The summed E-state index contributed by atoms with van der Waals surface area (Å²) in [6, 6.07) is 14.9. The SMILES string of the molecule is CCCn1c(=O)n(CC(=O)Nc2ccc(Br)cc2)c2ccccc21. The normalized spacial score (nSPS) is 10.9. The lowest BCUT2D eigenvalue weighted by Gasteiger charge is -2.06. The van der Waals surface area contributed by atoms with Crippen LogP contribution in [0.15, 0.2) is 57.8 Å². The average molecular weight is 388 g/mol. The van der Waals surface area contributed by atoms with E-state index >= 15 is 0 Å². The maximum absolute atomic E-state index is 12.7. The van der Waals surface area contributed by atoms with Crippen molar-refractivity contribution in [2.24, 2.45) is 0 Å². The van der Waals surface area contributed by atoms with Gasteiger partial charge in [0.15, 0.2) is 0 Å². The van der Waals surface area contributed by atoms with Crippen LogP contribution in [0.4, 0.5) is 5.69 Å². The van der Waals surface area contributed by atoms with Crippen LogP contribution in [0.25, 0.3) is 11.0 Å². The Morgan fingerprint density at radius 1 is 1.04 bits per heavy atom. The Morgan fingerprint density at radius 3 is 2.29 bits per heavy atom. The van der Waals surface area contributed by atoms with Gasteiger partial charge in [-0.3, -0.25) is 13.9 Å². The van der Waals surface area contributed by atoms with E-state index in [1.807, 2.05) is 55.5 Å². The van der Waals surface area contributed by atoms with Crippen LogP contribution in [0.5, 0.6) is 0 Å². The molecule has 24 heavy (non-hydrogen) atoms. The molecule has 5 nitrogen and oxygen atoms in total. The summed E-state index contributed by atoms with van der Waals surface area (Å²) < 4.78 is 4.20. The second-order valence-corrected chi connectivity index (χ2v) is 6.48. The van der Waals surface area contributed by atoms with Crippen LogP contribution < -0.4 is 11.0 Å². The van der Waals surface area contributed by atoms with Crippen molar-refractivity contribution in [3.05, 3.63) is 63.5 Å². The summed E-state index contributed by atoms with van der Waals surface area (Å²) in [5.41, 5.74) is 2.19. The standard InChI is InChI=1S/C18H18BrN3O2/c1-2-11-21-15-5-3-4-6-16(15)22(18(21)24)12-17(23)20-14-9-7-13(19)8-10-14/h3-10H,2,11-12H2,1H3,(H,20,23). The molecule has 0 aliphatic carbocycles. The molecule has 3 rings (SSSR count). The number of benzene rings is 2. The number of anilines is 1. The number of amides is 1. The minimum Gasteiger partial charge on any atom is -0.325 e. The van der Waals surface area contributed by atoms with Crippen molar-refractivity contribution in [1.29, 1.82) is 0 Å². The Hall–Kier alpha value is -2.34. The van der Waals surface area contributed by atoms with Crippen molar-refractivity contribution < 1.29 is 4.79 Å². The third-order valence-electron chi connectivity index (χ3n) is 3.80. The average Bonchev–Trinajstić information content (AvgIpc) is 2.83. The van der Waals surface area contributed by atoms with Gasteiger partial charge in [-0.05, 0) is 42.8 Å². The predicted octanol–water partition coefficient (Wildman–Crippen LogP) is 3.61. The van der Waals surface area contributed by atoms with Gasteiger partial charge in [-0.2, -0.15) is 0 Å². The van der Waals surface area contributed by atoms with Gasteiger partial charge in [-0.25, -0.2) is 4.79 Å². The van der Waals surface area contributed by atoms with Crippen LogP contribution in [0.1, 0.15) is 13.3 Å². The zero-order valence-electron chi connectivity index (χ0n) is 13.3. The van der Waals surface area contributed by atoms with Gasteiger partial charge >= 0.3 is 5.69 Å². The van der Waals surface area contributed by atoms with Gasteiger partial charge in [0, 0.05) is 16.7 Å². The number of fused-ring (bicyclic) bond motifs is 1. The Balaban J connectivity index is 1.89. The van der Waals surface area contributed by atoms with E-state index in [0.29, 0.717) is 12.2 Å². The van der Waals surface area contributed by atoms with Crippen molar-refractivity contribution in [3.63, 3.8) is 0 Å². The van der Waals surface area contributed by atoms with E-state index in [2.05, 4.69) is 21.2 Å². The summed E-state index contributed by atoms with van der Waals surface area (Å²) in [5.74, 6) is -0.223. The van der Waals surface area contributed by atoms with E-state index < -0.39 is 0 Å². The maximum atomic E-state index is 12.7. The predicted molar refractivity (Wildman–Crippen MR) is 99.3 cm³/mol. The summed E-state index contributed by atoms with van der Waals surface area (Å²) in [5, 5.41) is 2.82. The van der Waals surface area contributed by atoms with Gasteiger partial charge in [-0.15, -0.1) is 0 Å². The quantitative estimate of drug-likeness (QED) is 0.726. The fourth-order valence-corrected chi connectivity index (χ4v) is 3.01. The highest BCUT2D eigenvalue weighted by Crippen LogP contribution is 2.15. The third kappa shape index (κ3) is 3.28. The molecule has 3 aromatic rings. The van der Waals surface area contributed by atoms with Gasteiger partial charge < -0.3 is 5.32 Å². The summed E-state index contributed by atoms with van der Waals surface area (Å²) >= 11 is 3.36. The van der Waals surface area contributed by atoms with E-state index in [9.17, 15) is 9.59 Å². The molecule has 1 aromatic heterocycles. The molecule has 0 aliphatic rings. The molecular weight excluding hydrogens is 370 g/mol. The molecule has 1 heterocycles. The maximum Gasteiger partial charge on any atom is 0.329 e. The molecule has 0 saturated heterocycles. The first-order valence-corrected chi connectivity index (χ1v) is 8.63. The highest BCUT2D eigenvalue weighted by atomic mass is 79.9. The summed E-state index contributed by atoms with van der Waals surface area (Å²) in [6.45, 7) is 2.66. The number of imidazole rings is 1. The number of hydrogen-bond donors (Lipinski definition) is 1. The number of hydrogen-bond acceptors (Lipinski definition) is 2. The Bertz CT molecular complexity index is 926. The highest BCUT2D eigenvalue weighted by Gasteiger charge is 2.14. The van der Waals surface area contributed by atoms with Crippen LogP contribution in [-0.4, -0.2) is 15.0 Å². The van der Waals surface area contributed by atoms with Gasteiger partial charge in [0.25, 0.3) is 0 Å². The highest BCUT2D eigenvalue weighted by molar-refractivity contribution is 9.10. The smallest absolute Gasteiger partial charge is 0.325 e. The fourth-order valence-electron chi connectivity index (χ4n) is 2.74. The van der Waals surface area contributed by atoms with E-state index in [0.717, 1.165) is 21.9 Å². The lowest BCUT2D eigenvalue weighted by Crippen LogP contribution is -2.29. The van der Waals surface area contributed by atoms with E-state index in [4.69, 9.17) is 0 Å². The Kier molecular flexibility index (Phi) is 4.85. The molecule has 6 heteroatoms. The first-order chi connectivity index (χ1) is 11.6. The van der Waals surface area contributed by atoms with Crippen molar-refractivity contribution >= 4 is 38.6 Å². The molecular formula is C18H18BrN3O2. The van der Waals surface area contributed by atoms with Gasteiger partial charge in [0.05, 0.1) is 11.0 Å². The zero-order valence-corrected chi connectivity index (χ0v) is 14.9. The van der Waals surface area contributed by atoms with Crippen LogP contribution in [-0.2, 0) is 17.9 Å². The molecule has 0 fully saturated rings. The van der Waals surface area contributed by atoms with E-state index in [1.165, 1.54) is 4.57 Å². The molecule has 0 aliphatic heterocycles. The number of nitrogens with one attached hydrogen (secondary N) is 1. The lowest BCUT2D eigenvalue weighted by molar-refractivity contribution is -0.116. The summed E-state index contributed by atoms with van der Waals surface area (Å²) in [4.78, 5) is 25.0. The van der Waals surface area contributed by atoms with Crippen molar-refractivity contribution in [2.75, 3.05) is 5.32 Å². The van der Waals surface area contributed by atoms with Crippen LogP contribution in [0.3, 0.4) is 0 Å². The molecule has 1 amide bonds. The topological polar surface area (TPSA) is 56.0 Å². The molecule has 0 spiro atoms. The minimum atomic E-state index is -0.223. The monoisotopic (exact) mass is 387 g/mol. The van der Waals surface area contributed by atoms with Crippen molar-refractivity contribution in [2.45, 2.75) is 26.4 Å². The summed E-state index contributed by atoms with van der Waals surface area (Å²) in [7, 11) is 0. The summed E-state index contributed by atoms with van der Waals surface area (Å²) in [6.07, 6.45) is 0.860. The fraction of sp³-hybridized carbons (Fsp3) is 0.222. The Morgan fingerprint density at radius 2 is 1.67 bits per heavy atom. The molecule has 1 N–H and O–H groups in total. The molecule has 0 atom stereocenters. The number of rotatable bonds is 5. The number of carbonyl (C=O) groups is 1. The lowest BCUT2D eigenvalue weighted by atomic mass is 10.3. The van der Waals surface area contributed by atoms with Gasteiger partial charge in [0.2, 0.25) is 5.91 Å². The Labute approximate surface area is 148 Å². The third-order valence-corrected chi connectivity index (χ3v) is 4.33. The molecule has 0 unspecified atom stereocenters.